The van der Waals surface area contributed by atoms with Gasteiger partial charge in [-0.3, -0.25) is 4.57 Å². The lowest BCUT2D eigenvalue weighted by Gasteiger charge is -2.01. The Morgan fingerprint density at radius 3 is 3.00 bits per heavy atom. The lowest BCUT2D eigenvalue weighted by molar-refractivity contribution is 0.702. The number of rotatable bonds is 3. The van der Waals surface area contributed by atoms with Crippen LogP contribution in [0.4, 0.5) is 0 Å². The predicted octanol–water partition coefficient (Wildman–Crippen LogP) is 1.01. The summed E-state index contributed by atoms with van der Waals surface area (Å²) in [6.45, 7) is 1.02. The average molecular weight is 223 g/mol. The molecule has 0 saturated heterocycles. The van der Waals surface area contributed by atoms with Crippen molar-refractivity contribution in [2.75, 3.05) is 12.8 Å². The van der Waals surface area contributed by atoms with E-state index in [9.17, 15) is 4.79 Å². The van der Waals surface area contributed by atoms with E-state index < -0.39 is 0 Å². The van der Waals surface area contributed by atoms with Gasteiger partial charge in [-0.05, 0) is 24.5 Å². The molecule has 0 bridgehead atoms. The number of H-pyrrole nitrogens is 1. The number of aromatic amines is 1. The first kappa shape index (κ1) is 10.3. The van der Waals surface area contributed by atoms with Gasteiger partial charge >= 0.3 is 5.69 Å². The Hall–Kier alpha value is -1.20. The van der Waals surface area contributed by atoms with Crippen molar-refractivity contribution in [2.45, 2.75) is 11.4 Å². The maximum absolute atomic E-state index is 11.6. The first-order chi connectivity index (χ1) is 7.26. The molecule has 15 heavy (non-hydrogen) atoms. The second-order valence-electron chi connectivity index (χ2n) is 3.25. The second-order valence-corrected chi connectivity index (χ2v) is 4.13. The molecule has 1 aromatic carbocycles. The van der Waals surface area contributed by atoms with Crippen molar-refractivity contribution in [1.82, 2.24) is 9.55 Å². The summed E-state index contributed by atoms with van der Waals surface area (Å²) in [5, 5.41) is 0. The van der Waals surface area contributed by atoms with Gasteiger partial charge < -0.3 is 10.7 Å². The van der Waals surface area contributed by atoms with Crippen molar-refractivity contribution >= 4 is 22.8 Å². The highest BCUT2D eigenvalue weighted by Crippen LogP contribution is 2.19. The van der Waals surface area contributed by atoms with Crippen LogP contribution in [0.5, 0.6) is 0 Å². The van der Waals surface area contributed by atoms with Crippen molar-refractivity contribution in [3.63, 3.8) is 0 Å². The van der Waals surface area contributed by atoms with Crippen LogP contribution in [0.2, 0.25) is 0 Å². The Bertz CT molecular complexity index is 529. The van der Waals surface area contributed by atoms with Gasteiger partial charge in [0.2, 0.25) is 0 Å². The van der Waals surface area contributed by atoms with E-state index in [1.54, 1.807) is 16.3 Å². The maximum atomic E-state index is 11.6. The van der Waals surface area contributed by atoms with Crippen molar-refractivity contribution in [2.24, 2.45) is 5.73 Å². The van der Waals surface area contributed by atoms with Gasteiger partial charge in [0.1, 0.15) is 0 Å². The Balaban J connectivity index is 2.66. The van der Waals surface area contributed by atoms with Crippen LogP contribution in [0, 0.1) is 0 Å². The molecule has 0 fully saturated rings. The number of hydrogen-bond donors (Lipinski definition) is 2. The number of imidazole rings is 1. The SMILES string of the molecule is CSc1ccc2[nH]c(=O)n(CCN)c2c1. The molecule has 0 unspecified atom stereocenters. The Morgan fingerprint density at radius 1 is 1.53 bits per heavy atom. The van der Waals surface area contributed by atoms with Crippen LogP contribution >= 0.6 is 11.8 Å². The van der Waals surface area contributed by atoms with Gasteiger partial charge in [-0.1, -0.05) is 0 Å². The summed E-state index contributed by atoms with van der Waals surface area (Å²) in [6, 6.07) is 5.93. The van der Waals surface area contributed by atoms with Crippen LogP contribution < -0.4 is 11.4 Å². The molecular weight excluding hydrogens is 210 g/mol. The lowest BCUT2D eigenvalue weighted by Crippen LogP contribution is -2.21. The molecule has 1 aromatic heterocycles. The highest BCUT2D eigenvalue weighted by atomic mass is 32.2. The van der Waals surface area contributed by atoms with Crippen molar-refractivity contribution in [3.8, 4) is 0 Å². The minimum Gasteiger partial charge on any atom is -0.329 e. The molecule has 0 amide bonds. The van der Waals surface area contributed by atoms with Gasteiger partial charge in [-0.25, -0.2) is 4.79 Å². The molecule has 0 radical (unpaired) electrons. The number of aromatic nitrogens is 2. The molecule has 0 aliphatic heterocycles. The first-order valence-electron chi connectivity index (χ1n) is 4.73. The molecule has 2 aromatic rings. The summed E-state index contributed by atoms with van der Waals surface area (Å²) in [7, 11) is 0. The van der Waals surface area contributed by atoms with Crippen LogP contribution in [0.15, 0.2) is 27.9 Å². The van der Waals surface area contributed by atoms with Gasteiger partial charge in [-0.2, -0.15) is 0 Å². The van der Waals surface area contributed by atoms with E-state index in [0.717, 1.165) is 15.9 Å². The fourth-order valence-corrected chi connectivity index (χ4v) is 2.04. The molecule has 0 aliphatic carbocycles. The van der Waals surface area contributed by atoms with Crippen LogP contribution in [0.25, 0.3) is 11.0 Å². The second kappa shape index (κ2) is 4.12. The first-order valence-corrected chi connectivity index (χ1v) is 5.95. The minimum absolute atomic E-state index is 0.0892. The molecule has 1 heterocycles. The highest BCUT2D eigenvalue weighted by Gasteiger charge is 2.05. The van der Waals surface area contributed by atoms with Crippen LogP contribution in [0.3, 0.4) is 0 Å². The Labute approximate surface area is 91.5 Å². The number of hydrogen-bond acceptors (Lipinski definition) is 3. The van der Waals surface area contributed by atoms with Gasteiger partial charge in [0.15, 0.2) is 0 Å². The average Bonchev–Trinajstić information content (AvgIpc) is 2.55. The van der Waals surface area contributed by atoms with Crippen LogP contribution in [-0.2, 0) is 6.54 Å². The summed E-state index contributed by atoms with van der Waals surface area (Å²) < 4.78 is 1.68. The topological polar surface area (TPSA) is 63.8 Å². The number of nitrogens with zero attached hydrogens (tertiary/aromatic N) is 1. The number of nitrogens with two attached hydrogens (primary N) is 1. The third kappa shape index (κ3) is 1.80. The molecule has 2 rings (SSSR count). The number of nitrogens with one attached hydrogen (secondary N) is 1. The molecule has 80 valence electrons. The van der Waals surface area contributed by atoms with E-state index >= 15 is 0 Å². The zero-order valence-electron chi connectivity index (χ0n) is 8.49. The van der Waals surface area contributed by atoms with Crippen molar-refractivity contribution in [3.05, 3.63) is 28.7 Å². The molecule has 4 nitrogen and oxygen atoms in total. The molecule has 0 spiro atoms. The minimum atomic E-state index is -0.0892. The highest BCUT2D eigenvalue weighted by molar-refractivity contribution is 7.98. The van der Waals surface area contributed by atoms with E-state index in [1.165, 1.54) is 0 Å². The predicted molar refractivity (Wildman–Crippen MR) is 63.4 cm³/mol. The van der Waals surface area contributed by atoms with Gasteiger partial charge in [-0.15, -0.1) is 11.8 Å². The van der Waals surface area contributed by atoms with Crippen molar-refractivity contribution < 1.29 is 0 Å². The molecule has 3 N–H and O–H groups in total. The lowest BCUT2D eigenvalue weighted by atomic mass is 10.3. The van der Waals surface area contributed by atoms with Crippen molar-refractivity contribution in [1.29, 1.82) is 0 Å². The summed E-state index contributed by atoms with van der Waals surface area (Å²) in [5.41, 5.74) is 7.18. The third-order valence-electron chi connectivity index (χ3n) is 2.34. The number of thioether (sulfide) groups is 1. The molecule has 5 heteroatoms. The Kier molecular flexibility index (Phi) is 2.83. The van der Waals surface area contributed by atoms with E-state index in [1.807, 2.05) is 24.5 Å². The molecule has 0 saturated carbocycles. The van der Waals surface area contributed by atoms with E-state index in [4.69, 9.17) is 5.73 Å². The van der Waals surface area contributed by atoms with Gasteiger partial charge in [0, 0.05) is 18.0 Å². The number of fused-ring (bicyclic) bond motifs is 1. The summed E-state index contributed by atoms with van der Waals surface area (Å²) in [6.07, 6.45) is 2.01. The van der Waals surface area contributed by atoms with Gasteiger partial charge in [0.25, 0.3) is 0 Å². The monoisotopic (exact) mass is 223 g/mol. The number of benzene rings is 1. The summed E-state index contributed by atoms with van der Waals surface area (Å²) in [4.78, 5) is 15.5. The third-order valence-corrected chi connectivity index (χ3v) is 3.06. The Morgan fingerprint density at radius 2 is 2.33 bits per heavy atom. The smallest absolute Gasteiger partial charge is 0.326 e. The standard InChI is InChI=1S/C10H13N3OS/c1-15-7-2-3-8-9(6-7)13(5-4-11)10(14)12-8/h2-3,6H,4-5,11H2,1H3,(H,12,14). The fourth-order valence-electron chi connectivity index (χ4n) is 1.61. The fraction of sp³-hybridized carbons (Fsp3) is 0.300. The van der Waals surface area contributed by atoms with E-state index in [0.29, 0.717) is 13.1 Å². The van der Waals surface area contributed by atoms with Gasteiger partial charge in [0.05, 0.1) is 11.0 Å². The largest absolute Gasteiger partial charge is 0.329 e. The normalized spacial score (nSPS) is 11.1. The molecule has 0 atom stereocenters. The summed E-state index contributed by atoms with van der Waals surface area (Å²) >= 11 is 1.66. The zero-order chi connectivity index (χ0) is 10.8. The molecular formula is C10H13N3OS. The van der Waals surface area contributed by atoms with E-state index in [-0.39, 0.29) is 5.69 Å². The van der Waals surface area contributed by atoms with Crippen LogP contribution in [0.1, 0.15) is 0 Å². The molecule has 0 aliphatic rings. The zero-order valence-corrected chi connectivity index (χ0v) is 9.30. The quantitative estimate of drug-likeness (QED) is 0.763. The van der Waals surface area contributed by atoms with Crippen LogP contribution in [-0.4, -0.2) is 22.4 Å². The maximum Gasteiger partial charge on any atom is 0.326 e. The van der Waals surface area contributed by atoms with E-state index in [2.05, 4.69) is 4.98 Å². The summed E-state index contributed by atoms with van der Waals surface area (Å²) in [5.74, 6) is 0.